The lowest BCUT2D eigenvalue weighted by Crippen LogP contribution is -2.06. The summed E-state index contributed by atoms with van der Waals surface area (Å²) < 4.78 is 22.3. The molecule has 0 aliphatic carbocycles. The van der Waals surface area contributed by atoms with Gasteiger partial charge in [0.25, 0.3) is 0 Å². The van der Waals surface area contributed by atoms with Gasteiger partial charge >= 0.3 is 0 Å². The van der Waals surface area contributed by atoms with Crippen LogP contribution in [0.15, 0.2) is 36.5 Å². The van der Waals surface area contributed by atoms with Crippen molar-refractivity contribution in [2.45, 2.75) is 34.1 Å². The zero-order chi connectivity index (χ0) is 15.6. The molecule has 0 saturated heterocycles. The molecule has 3 nitrogen and oxygen atoms in total. The van der Waals surface area contributed by atoms with Crippen molar-refractivity contribution in [3.05, 3.63) is 42.1 Å². The van der Waals surface area contributed by atoms with Gasteiger partial charge in [-0.15, -0.1) is 0 Å². The zero-order valence-electron chi connectivity index (χ0n) is 13.1. The number of fused-ring (bicyclic) bond motifs is 1. The van der Waals surface area contributed by atoms with Crippen LogP contribution in [0.3, 0.4) is 0 Å². The smallest absolute Gasteiger partial charge is 0.147 e. The molecular weight excluding hydrogens is 270 g/mol. The third-order valence-electron chi connectivity index (χ3n) is 2.48. The molecule has 2 rings (SSSR count). The quantitative estimate of drug-likeness (QED) is 0.863. The van der Waals surface area contributed by atoms with Crippen molar-refractivity contribution in [2.75, 3.05) is 12.0 Å². The summed E-state index contributed by atoms with van der Waals surface area (Å²) in [6.45, 7) is 8.00. The molecule has 0 spiro atoms. The largest absolute Gasteiger partial charge is 0.256 e. The van der Waals surface area contributed by atoms with Gasteiger partial charge in [0.15, 0.2) is 0 Å². The Morgan fingerprint density at radius 2 is 1.60 bits per heavy atom. The molecule has 1 heterocycles. The molecule has 0 unspecified atom stereocenters. The molecule has 0 atom stereocenters. The normalized spacial score (nSPS) is 10.1. The van der Waals surface area contributed by atoms with Crippen molar-refractivity contribution < 1.29 is 8.42 Å². The summed E-state index contributed by atoms with van der Waals surface area (Å²) in [7, 11) is -2.91. The van der Waals surface area contributed by atoms with Crippen LogP contribution in [-0.4, -0.2) is 25.4 Å². The second kappa shape index (κ2) is 9.48. The number of nitrogens with zero attached hydrogens (tertiary/aromatic N) is 1. The number of aryl methyl sites for hydroxylation is 1. The standard InChI is InChI=1S/C12H13NO2S.2C2H6/c1-16(14,15)9-7-10-6-8-13-12-5-3-2-4-11(10)12;2*1-2/h2-6,8H,7,9H2,1H3;2*1-2H3. The Morgan fingerprint density at radius 1 is 1.00 bits per heavy atom. The number of para-hydroxylation sites is 1. The lowest BCUT2D eigenvalue weighted by molar-refractivity contribution is 0.601. The number of sulfone groups is 1. The highest BCUT2D eigenvalue weighted by Gasteiger charge is 2.06. The molecule has 0 aliphatic heterocycles. The predicted octanol–water partition coefficient (Wildman–Crippen LogP) is 3.87. The average molecular weight is 295 g/mol. The maximum absolute atomic E-state index is 11.1. The molecule has 4 heteroatoms. The van der Waals surface area contributed by atoms with Crippen LogP contribution in [0.4, 0.5) is 0 Å². The molecule has 20 heavy (non-hydrogen) atoms. The van der Waals surface area contributed by atoms with Crippen molar-refractivity contribution in [1.82, 2.24) is 4.98 Å². The van der Waals surface area contributed by atoms with E-state index in [0.717, 1.165) is 16.5 Å². The van der Waals surface area contributed by atoms with Crippen LogP contribution in [0, 0.1) is 0 Å². The first kappa shape index (κ1) is 18.6. The van der Waals surface area contributed by atoms with Crippen LogP contribution < -0.4 is 0 Å². The fourth-order valence-corrected chi connectivity index (χ4v) is 2.26. The summed E-state index contributed by atoms with van der Waals surface area (Å²) >= 11 is 0. The molecule has 0 bridgehead atoms. The van der Waals surface area contributed by atoms with Gasteiger partial charge in [-0.1, -0.05) is 45.9 Å². The minimum atomic E-state index is -2.91. The summed E-state index contributed by atoms with van der Waals surface area (Å²) in [6, 6.07) is 9.65. The molecule has 0 aliphatic rings. The summed E-state index contributed by atoms with van der Waals surface area (Å²) in [5, 5.41) is 1.04. The van der Waals surface area contributed by atoms with Gasteiger partial charge in [0, 0.05) is 17.8 Å². The molecule has 0 saturated carbocycles. The van der Waals surface area contributed by atoms with E-state index in [2.05, 4.69) is 4.98 Å². The number of pyridine rings is 1. The zero-order valence-corrected chi connectivity index (χ0v) is 13.9. The van der Waals surface area contributed by atoms with Crippen molar-refractivity contribution in [2.24, 2.45) is 0 Å². The number of benzene rings is 1. The molecule has 1 aromatic carbocycles. The first-order valence-electron chi connectivity index (χ1n) is 7.06. The second-order valence-electron chi connectivity index (χ2n) is 3.87. The van der Waals surface area contributed by atoms with E-state index >= 15 is 0 Å². The maximum atomic E-state index is 11.1. The first-order chi connectivity index (χ1) is 9.56. The number of hydrogen-bond donors (Lipinski definition) is 0. The van der Waals surface area contributed by atoms with Gasteiger partial charge in [-0.05, 0) is 24.1 Å². The molecule has 0 N–H and O–H groups in total. The number of hydrogen-bond acceptors (Lipinski definition) is 3. The molecule has 1 aromatic heterocycles. The molecule has 0 amide bonds. The molecule has 112 valence electrons. The Morgan fingerprint density at radius 3 is 2.20 bits per heavy atom. The molecule has 0 radical (unpaired) electrons. The van der Waals surface area contributed by atoms with E-state index in [1.165, 1.54) is 6.26 Å². The fourth-order valence-electron chi connectivity index (χ4n) is 1.67. The van der Waals surface area contributed by atoms with E-state index in [4.69, 9.17) is 0 Å². The summed E-state index contributed by atoms with van der Waals surface area (Å²) in [5.74, 6) is 0.182. The highest BCUT2D eigenvalue weighted by Crippen LogP contribution is 2.16. The third-order valence-corrected chi connectivity index (χ3v) is 3.43. The van der Waals surface area contributed by atoms with E-state index in [1.807, 2.05) is 58.0 Å². The topological polar surface area (TPSA) is 47.0 Å². The highest BCUT2D eigenvalue weighted by molar-refractivity contribution is 7.90. The Labute approximate surface area is 123 Å². The van der Waals surface area contributed by atoms with Crippen LogP contribution in [-0.2, 0) is 16.3 Å². The number of aromatic nitrogens is 1. The minimum Gasteiger partial charge on any atom is -0.256 e. The first-order valence-corrected chi connectivity index (χ1v) is 9.13. The van der Waals surface area contributed by atoms with E-state index in [9.17, 15) is 8.42 Å². The lowest BCUT2D eigenvalue weighted by Gasteiger charge is -2.04. The van der Waals surface area contributed by atoms with Crippen LogP contribution in [0.25, 0.3) is 10.9 Å². The molecule has 2 aromatic rings. The SMILES string of the molecule is CC.CC.CS(=O)(=O)CCc1ccnc2ccccc12. The van der Waals surface area contributed by atoms with Crippen LogP contribution in [0.1, 0.15) is 33.3 Å². The van der Waals surface area contributed by atoms with E-state index in [0.29, 0.717) is 6.42 Å². The average Bonchev–Trinajstić information content (AvgIpc) is 2.48. The van der Waals surface area contributed by atoms with E-state index in [1.54, 1.807) is 6.20 Å². The summed E-state index contributed by atoms with van der Waals surface area (Å²) in [6.07, 6.45) is 3.53. The highest BCUT2D eigenvalue weighted by atomic mass is 32.2. The molecular formula is C16H25NO2S. The van der Waals surface area contributed by atoms with Crippen molar-refractivity contribution in [3.63, 3.8) is 0 Å². The Bertz CT molecular complexity index is 601. The van der Waals surface area contributed by atoms with Gasteiger partial charge in [-0.3, -0.25) is 4.98 Å². The second-order valence-corrected chi connectivity index (χ2v) is 6.13. The van der Waals surface area contributed by atoms with Gasteiger partial charge < -0.3 is 0 Å². The monoisotopic (exact) mass is 295 g/mol. The lowest BCUT2D eigenvalue weighted by atomic mass is 10.1. The van der Waals surface area contributed by atoms with Crippen LogP contribution in [0.5, 0.6) is 0 Å². The predicted molar refractivity (Wildman–Crippen MR) is 87.9 cm³/mol. The van der Waals surface area contributed by atoms with Crippen molar-refractivity contribution >= 4 is 20.7 Å². The van der Waals surface area contributed by atoms with Crippen molar-refractivity contribution in [1.29, 1.82) is 0 Å². The van der Waals surface area contributed by atoms with Gasteiger partial charge in [0.05, 0.1) is 11.3 Å². The Balaban J connectivity index is 0.000000829. The van der Waals surface area contributed by atoms with Crippen molar-refractivity contribution in [3.8, 4) is 0 Å². The maximum Gasteiger partial charge on any atom is 0.147 e. The third kappa shape index (κ3) is 6.15. The van der Waals surface area contributed by atoms with E-state index < -0.39 is 9.84 Å². The van der Waals surface area contributed by atoms with Gasteiger partial charge in [0.2, 0.25) is 0 Å². The van der Waals surface area contributed by atoms with Crippen LogP contribution >= 0.6 is 0 Å². The summed E-state index contributed by atoms with van der Waals surface area (Å²) in [5.41, 5.74) is 1.95. The van der Waals surface area contributed by atoms with Gasteiger partial charge in [-0.25, -0.2) is 8.42 Å². The van der Waals surface area contributed by atoms with Crippen LogP contribution in [0.2, 0.25) is 0 Å². The number of rotatable bonds is 3. The van der Waals surface area contributed by atoms with Gasteiger partial charge in [0.1, 0.15) is 9.84 Å². The minimum absolute atomic E-state index is 0.182. The van der Waals surface area contributed by atoms with E-state index in [-0.39, 0.29) is 5.75 Å². The fraction of sp³-hybridized carbons (Fsp3) is 0.438. The van der Waals surface area contributed by atoms with Gasteiger partial charge in [-0.2, -0.15) is 0 Å². The Hall–Kier alpha value is -1.42. The Kier molecular flexibility index (Phi) is 8.81. The molecule has 0 fully saturated rings. The summed E-state index contributed by atoms with van der Waals surface area (Å²) in [4.78, 5) is 4.24.